The zero-order valence-corrected chi connectivity index (χ0v) is 12.0. The lowest BCUT2D eigenvalue weighted by molar-refractivity contribution is 0.0300. The van der Waals surface area contributed by atoms with Crippen LogP contribution in [0.25, 0.3) is 0 Å². The van der Waals surface area contributed by atoms with Crippen LogP contribution in [0.3, 0.4) is 0 Å². The van der Waals surface area contributed by atoms with E-state index in [0.29, 0.717) is 5.92 Å². The lowest BCUT2D eigenvalue weighted by atomic mass is 9.68. The van der Waals surface area contributed by atoms with Crippen LogP contribution in [0.1, 0.15) is 55.2 Å². The fourth-order valence-electron chi connectivity index (χ4n) is 3.82. The van der Waals surface area contributed by atoms with Crippen molar-refractivity contribution in [3.63, 3.8) is 0 Å². The molecule has 0 spiro atoms. The van der Waals surface area contributed by atoms with E-state index in [2.05, 4.69) is 6.07 Å². The van der Waals surface area contributed by atoms with Gasteiger partial charge in [0.25, 0.3) is 0 Å². The summed E-state index contributed by atoms with van der Waals surface area (Å²) in [7, 11) is 3.32. The molecule has 0 fully saturated rings. The van der Waals surface area contributed by atoms with Gasteiger partial charge in [-0.2, -0.15) is 0 Å². The Bertz CT molecular complexity index is 505. The average Bonchev–Trinajstić information content (AvgIpc) is 2.41. The van der Waals surface area contributed by atoms with Crippen LogP contribution < -0.4 is 9.47 Å². The molecule has 3 rings (SSSR count). The third-order valence-corrected chi connectivity index (χ3v) is 4.72. The SMILES string of the molecule is COc1cc2c3c(c1OC)[C@@](C)(O)CC[C@@H]3CCC2. The molecule has 3 heteroatoms. The fraction of sp³-hybridized carbons (Fsp3) is 0.625. The summed E-state index contributed by atoms with van der Waals surface area (Å²) in [4.78, 5) is 0. The maximum absolute atomic E-state index is 10.8. The van der Waals surface area contributed by atoms with Crippen molar-refractivity contribution in [3.05, 3.63) is 22.8 Å². The first-order chi connectivity index (χ1) is 9.08. The summed E-state index contributed by atoms with van der Waals surface area (Å²) in [5.74, 6) is 2.05. The number of hydrogen-bond acceptors (Lipinski definition) is 3. The van der Waals surface area contributed by atoms with Gasteiger partial charge in [-0.25, -0.2) is 0 Å². The Morgan fingerprint density at radius 1 is 1.26 bits per heavy atom. The average molecular weight is 262 g/mol. The third-order valence-electron chi connectivity index (χ3n) is 4.72. The third kappa shape index (κ3) is 1.83. The fourth-order valence-corrected chi connectivity index (χ4v) is 3.82. The minimum atomic E-state index is -0.808. The highest BCUT2D eigenvalue weighted by molar-refractivity contribution is 5.59. The van der Waals surface area contributed by atoms with Crippen molar-refractivity contribution in [2.45, 2.75) is 50.5 Å². The molecule has 0 aliphatic heterocycles. The van der Waals surface area contributed by atoms with E-state index in [9.17, 15) is 5.11 Å². The highest BCUT2D eigenvalue weighted by Crippen LogP contribution is 2.53. The summed E-state index contributed by atoms with van der Waals surface area (Å²) < 4.78 is 11.0. The molecule has 0 amide bonds. The van der Waals surface area contributed by atoms with Gasteiger partial charge in [0.1, 0.15) is 0 Å². The minimum absolute atomic E-state index is 0.582. The summed E-state index contributed by atoms with van der Waals surface area (Å²) in [6, 6.07) is 2.10. The van der Waals surface area contributed by atoms with Gasteiger partial charge in [-0.05, 0) is 62.1 Å². The molecular weight excluding hydrogens is 240 g/mol. The summed E-state index contributed by atoms with van der Waals surface area (Å²) in [6.07, 6.45) is 5.41. The first-order valence-electron chi connectivity index (χ1n) is 7.09. The summed E-state index contributed by atoms with van der Waals surface area (Å²) in [6.45, 7) is 1.90. The monoisotopic (exact) mass is 262 g/mol. The number of aryl methyl sites for hydroxylation is 1. The van der Waals surface area contributed by atoms with Gasteiger partial charge in [0.2, 0.25) is 0 Å². The van der Waals surface area contributed by atoms with Crippen LogP contribution in [0, 0.1) is 0 Å². The Hall–Kier alpha value is -1.22. The van der Waals surface area contributed by atoms with Gasteiger partial charge < -0.3 is 14.6 Å². The van der Waals surface area contributed by atoms with Gasteiger partial charge in [0.05, 0.1) is 19.8 Å². The number of hydrogen-bond donors (Lipinski definition) is 1. The van der Waals surface area contributed by atoms with Gasteiger partial charge in [0.15, 0.2) is 11.5 Å². The molecule has 1 aromatic rings. The summed E-state index contributed by atoms with van der Waals surface area (Å²) in [5.41, 5.74) is 2.84. The standard InChI is InChI=1S/C16H22O3/c1-16(17)8-7-10-5-4-6-11-9-12(18-2)15(19-3)14(16)13(10)11/h9-10,17H,4-8H2,1-3H3/t10-,16-/m0/s1. The zero-order chi connectivity index (χ0) is 13.6. The van der Waals surface area contributed by atoms with Crippen molar-refractivity contribution < 1.29 is 14.6 Å². The van der Waals surface area contributed by atoms with Crippen LogP contribution in [0.4, 0.5) is 0 Å². The Labute approximate surface area is 114 Å². The van der Waals surface area contributed by atoms with Crippen molar-refractivity contribution in [2.75, 3.05) is 14.2 Å². The molecule has 0 heterocycles. The molecule has 0 radical (unpaired) electrons. The van der Waals surface area contributed by atoms with Crippen LogP contribution >= 0.6 is 0 Å². The molecule has 0 bridgehead atoms. The zero-order valence-electron chi connectivity index (χ0n) is 12.0. The maximum Gasteiger partial charge on any atom is 0.167 e. The van der Waals surface area contributed by atoms with E-state index in [4.69, 9.17) is 9.47 Å². The van der Waals surface area contributed by atoms with Crippen LogP contribution in [0.15, 0.2) is 6.07 Å². The van der Waals surface area contributed by atoms with Gasteiger partial charge >= 0.3 is 0 Å². The Morgan fingerprint density at radius 3 is 2.74 bits per heavy atom. The normalized spacial score (nSPS) is 28.7. The Balaban J connectivity index is 2.31. The molecule has 19 heavy (non-hydrogen) atoms. The molecule has 0 aromatic heterocycles. The van der Waals surface area contributed by atoms with Crippen molar-refractivity contribution in [1.29, 1.82) is 0 Å². The number of rotatable bonds is 2. The summed E-state index contributed by atoms with van der Waals surface area (Å²) >= 11 is 0. The van der Waals surface area contributed by atoms with Crippen molar-refractivity contribution in [2.24, 2.45) is 0 Å². The number of ether oxygens (including phenoxy) is 2. The second-order valence-corrected chi connectivity index (χ2v) is 5.96. The lowest BCUT2D eigenvalue weighted by Crippen LogP contribution is -2.32. The second-order valence-electron chi connectivity index (χ2n) is 5.96. The maximum atomic E-state index is 10.8. The molecule has 2 atom stereocenters. The van der Waals surface area contributed by atoms with Crippen molar-refractivity contribution >= 4 is 0 Å². The molecule has 1 aromatic carbocycles. The quantitative estimate of drug-likeness (QED) is 0.890. The van der Waals surface area contributed by atoms with E-state index in [0.717, 1.165) is 36.3 Å². The van der Waals surface area contributed by atoms with E-state index in [1.54, 1.807) is 14.2 Å². The lowest BCUT2D eigenvalue weighted by Gasteiger charge is -2.40. The second kappa shape index (κ2) is 4.41. The first-order valence-corrected chi connectivity index (χ1v) is 7.09. The van der Waals surface area contributed by atoms with E-state index < -0.39 is 5.60 Å². The number of methoxy groups -OCH3 is 2. The van der Waals surface area contributed by atoms with Crippen LogP contribution in [0.5, 0.6) is 11.5 Å². The molecule has 0 unspecified atom stereocenters. The first kappa shape index (κ1) is 12.8. The topological polar surface area (TPSA) is 38.7 Å². The van der Waals surface area contributed by atoms with Gasteiger partial charge in [0, 0.05) is 5.56 Å². The Morgan fingerprint density at radius 2 is 2.05 bits per heavy atom. The van der Waals surface area contributed by atoms with Gasteiger partial charge in [-0.1, -0.05) is 0 Å². The molecule has 0 saturated heterocycles. The van der Waals surface area contributed by atoms with Crippen molar-refractivity contribution in [1.82, 2.24) is 0 Å². The number of aliphatic hydroxyl groups is 1. The van der Waals surface area contributed by atoms with E-state index in [1.807, 2.05) is 6.92 Å². The smallest absolute Gasteiger partial charge is 0.167 e. The van der Waals surface area contributed by atoms with Crippen LogP contribution in [0.2, 0.25) is 0 Å². The highest BCUT2D eigenvalue weighted by Gasteiger charge is 2.41. The molecule has 2 aliphatic rings. The Kier molecular flexibility index (Phi) is 2.97. The number of benzene rings is 1. The van der Waals surface area contributed by atoms with Crippen LogP contribution in [-0.4, -0.2) is 19.3 Å². The molecule has 104 valence electrons. The molecule has 1 N–H and O–H groups in total. The van der Waals surface area contributed by atoms with E-state index in [1.165, 1.54) is 24.0 Å². The van der Waals surface area contributed by atoms with Gasteiger partial charge in [-0.15, -0.1) is 0 Å². The molecule has 0 saturated carbocycles. The predicted octanol–water partition coefficient (Wildman–Crippen LogP) is 3.13. The van der Waals surface area contributed by atoms with E-state index >= 15 is 0 Å². The minimum Gasteiger partial charge on any atom is -0.493 e. The molecular formula is C16H22O3. The molecule has 2 aliphatic carbocycles. The van der Waals surface area contributed by atoms with E-state index in [-0.39, 0.29) is 0 Å². The molecule has 3 nitrogen and oxygen atoms in total. The largest absolute Gasteiger partial charge is 0.493 e. The predicted molar refractivity (Wildman–Crippen MR) is 74.0 cm³/mol. The van der Waals surface area contributed by atoms with Gasteiger partial charge in [-0.3, -0.25) is 0 Å². The highest BCUT2D eigenvalue weighted by atomic mass is 16.5. The van der Waals surface area contributed by atoms with Crippen molar-refractivity contribution in [3.8, 4) is 11.5 Å². The summed E-state index contributed by atoms with van der Waals surface area (Å²) in [5, 5.41) is 10.8. The van der Waals surface area contributed by atoms with Crippen LogP contribution in [-0.2, 0) is 12.0 Å².